The largest absolute Gasteiger partial charge is 0.431 e. The van der Waals surface area contributed by atoms with Gasteiger partial charge >= 0.3 is 6.18 Å². The molecule has 2 N–H and O–H groups in total. The van der Waals surface area contributed by atoms with Crippen LogP contribution in [0, 0.1) is 13.8 Å². The number of nitrogens with zero attached hydrogens (tertiary/aromatic N) is 1. The molecular weight excluding hydrogens is 317 g/mol. The summed E-state index contributed by atoms with van der Waals surface area (Å²) in [6.45, 7) is 3.56. The molecule has 0 saturated carbocycles. The maximum atomic E-state index is 13.4. The number of nitrogens with two attached hydrogens (primary N) is 1. The molecule has 0 amide bonds. The van der Waals surface area contributed by atoms with Crippen molar-refractivity contribution in [1.82, 2.24) is 4.57 Å². The van der Waals surface area contributed by atoms with E-state index in [2.05, 4.69) is 0 Å². The zero-order valence-electron chi connectivity index (χ0n) is 13.1. The number of carbonyl (C=O) groups is 1. The van der Waals surface area contributed by atoms with Gasteiger partial charge in [-0.05, 0) is 49.7 Å². The summed E-state index contributed by atoms with van der Waals surface area (Å²) >= 11 is 0. The molecular formula is C18H15F3N2O. The Morgan fingerprint density at radius 1 is 1.04 bits per heavy atom. The molecule has 0 aliphatic rings. The molecule has 1 heterocycles. The van der Waals surface area contributed by atoms with Gasteiger partial charge in [0, 0.05) is 16.6 Å². The van der Waals surface area contributed by atoms with Crippen LogP contribution < -0.4 is 5.73 Å². The highest BCUT2D eigenvalue weighted by molar-refractivity contribution is 6.04. The number of alkyl halides is 3. The quantitative estimate of drug-likeness (QED) is 0.665. The summed E-state index contributed by atoms with van der Waals surface area (Å²) in [6, 6.07) is 10.3. The first-order valence-electron chi connectivity index (χ1n) is 7.28. The average molecular weight is 332 g/mol. The zero-order valence-corrected chi connectivity index (χ0v) is 13.1. The van der Waals surface area contributed by atoms with Gasteiger partial charge in [0.2, 0.25) is 0 Å². The van der Waals surface area contributed by atoms with Crippen molar-refractivity contribution in [2.75, 3.05) is 5.73 Å². The first-order valence-corrected chi connectivity index (χ1v) is 7.28. The van der Waals surface area contributed by atoms with E-state index in [1.165, 1.54) is 18.2 Å². The fourth-order valence-electron chi connectivity index (χ4n) is 2.84. The second-order valence-electron chi connectivity index (χ2n) is 5.80. The normalized spacial score (nSPS) is 11.9. The third-order valence-electron chi connectivity index (χ3n) is 3.93. The lowest BCUT2D eigenvalue weighted by atomic mass is 10.0. The molecule has 124 valence electrons. The lowest BCUT2D eigenvalue weighted by Gasteiger charge is -2.13. The summed E-state index contributed by atoms with van der Waals surface area (Å²) < 4.78 is 41.0. The Morgan fingerprint density at radius 2 is 1.75 bits per heavy atom. The Morgan fingerprint density at radius 3 is 2.38 bits per heavy atom. The second kappa shape index (κ2) is 5.40. The molecule has 24 heavy (non-hydrogen) atoms. The molecule has 0 unspecified atom stereocenters. The third kappa shape index (κ3) is 2.64. The number of hydrogen-bond donors (Lipinski definition) is 1. The number of halogens is 3. The van der Waals surface area contributed by atoms with Gasteiger partial charge < -0.3 is 5.73 Å². The van der Waals surface area contributed by atoms with Crippen molar-refractivity contribution in [3.05, 3.63) is 64.8 Å². The molecule has 6 heteroatoms. The van der Waals surface area contributed by atoms with Crippen LogP contribution in [0.25, 0.3) is 10.9 Å². The van der Waals surface area contributed by atoms with Crippen LogP contribution in [0.2, 0.25) is 0 Å². The molecule has 0 atom stereocenters. The van der Waals surface area contributed by atoms with Gasteiger partial charge in [-0.15, -0.1) is 0 Å². The topological polar surface area (TPSA) is 48.0 Å². The smallest absolute Gasteiger partial charge is 0.399 e. The number of fused-ring (bicyclic) bond motifs is 1. The SMILES string of the molecule is Cc1ccc(C(=O)n2c(C(F)(F)F)cc3cc(N)ccc32)c(C)c1. The maximum absolute atomic E-state index is 13.4. The number of aryl methyl sites for hydroxylation is 2. The summed E-state index contributed by atoms with van der Waals surface area (Å²) in [4.78, 5) is 12.8. The van der Waals surface area contributed by atoms with Crippen molar-refractivity contribution in [3.63, 3.8) is 0 Å². The molecule has 0 aliphatic heterocycles. The highest BCUT2D eigenvalue weighted by Crippen LogP contribution is 2.35. The van der Waals surface area contributed by atoms with Crippen LogP contribution in [-0.4, -0.2) is 10.5 Å². The lowest BCUT2D eigenvalue weighted by Crippen LogP contribution is -2.21. The molecule has 0 fully saturated rings. The van der Waals surface area contributed by atoms with E-state index in [1.807, 2.05) is 6.92 Å². The van der Waals surface area contributed by atoms with E-state index in [1.54, 1.807) is 25.1 Å². The molecule has 2 aromatic carbocycles. The molecule has 3 rings (SSSR count). The highest BCUT2D eigenvalue weighted by atomic mass is 19.4. The fourth-order valence-corrected chi connectivity index (χ4v) is 2.84. The Labute approximate surface area is 136 Å². The second-order valence-corrected chi connectivity index (χ2v) is 5.80. The number of benzene rings is 2. The standard InChI is InChI=1S/C18H15F3N2O/c1-10-3-5-14(11(2)7-10)17(24)23-15-6-4-13(22)8-12(15)9-16(23)18(19,20)21/h3-9H,22H2,1-2H3. The van der Waals surface area contributed by atoms with Crippen molar-refractivity contribution >= 4 is 22.5 Å². The monoisotopic (exact) mass is 332 g/mol. The average Bonchev–Trinajstić information content (AvgIpc) is 2.85. The van der Waals surface area contributed by atoms with E-state index in [0.717, 1.165) is 11.6 Å². The highest BCUT2D eigenvalue weighted by Gasteiger charge is 2.37. The van der Waals surface area contributed by atoms with E-state index in [-0.39, 0.29) is 16.5 Å². The van der Waals surface area contributed by atoms with Crippen LogP contribution in [0.5, 0.6) is 0 Å². The maximum Gasteiger partial charge on any atom is 0.431 e. The molecule has 1 aromatic heterocycles. The van der Waals surface area contributed by atoms with Crippen molar-refractivity contribution in [2.45, 2.75) is 20.0 Å². The van der Waals surface area contributed by atoms with Crippen molar-refractivity contribution in [2.24, 2.45) is 0 Å². The number of rotatable bonds is 1. The summed E-state index contributed by atoms with van der Waals surface area (Å²) in [7, 11) is 0. The van der Waals surface area contributed by atoms with Crippen molar-refractivity contribution in [1.29, 1.82) is 0 Å². The minimum Gasteiger partial charge on any atom is -0.399 e. The van der Waals surface area contributed by atoms with Crippen LogP contribution in [0.3, 0.4) is 0 Å². The summed E-state index contributed by atoms with van der Waals surface area (Å²) in [5.41, 5.74) is 6.96. The van der Waals surface area contributed by atoms with Gasteiger partial charge in [0.25, 0.3) is 5.91 Å². The van der Waals surface area contributed by atoms with Crippen LogP contribution >= 0.6 is 0 Å². The van der Waals surface area contributed by atoms with Gasteiger partial charge in [-0.3, -0.25) is 9.36 Å². The van der Waals surface area contributed by atoms with E-state index in [0.29, 0.717) is 15.8 Å². The number of hydrogen-bond acceptors (Lipinski definition) is 2. The third-order valence-corrected chi connectivity index (χ3v) is 3.93. The molecule has 3 aromatic rings. The van der Waals surface area contributed by atoms with Crippen LogP contribution in [0.1, 0.15) is 27.2 Å². The lowest BCUT2D eigenvalue weighted by molar-refractivity contribution is -0.142. The molecule has 0 spiro atoms. The van der Waals surface area contributed by atoms with E-state index < -0.39 is 17.8 Å². The number of carbonyl (C=O) groups excluding carboxylic acids is 1. The number of nitrogen functional groups attached to an aromatic ring is 1. The number of anilines is 1. The predicted octanol–water partition coefficient (Wildman–Crippen LogP) is 4.55. The first kappa shape index (κ1) is 16.1. The summed E-state index contributed by atoms with van der Waals surface area (Å²) in [6.07, 6.45) is -4.65. The van der Waals surface area contributed by atoms with Gasteiger partial charge in [-0.2, -0.15) is 13.2 Å². The molecule has 3 nitrogen and oxygen atoms in total. The van der Waals surface area contributed by atoms with Gasteiger partial charge in [0.15, 0.2) is 0 Å². The predicted molar refractivity (Wildman–Crippen MR) is 87.0 cm³/mol. The van der Waals surface area contributed by atoms with Crippen molar-refractivity contribution < 1.29 is 18.0 Å². The van der Waals surface area contributed by atoms with Gasteiger partial charge in [0.05, 0.1) is 5.52 Å². The Kier molecular flexibility index (Phi) is 3.63. The summed E-state index contributed by atoms with van der Waals surface area (Å²) in [5, 5.41) is 0.278. The Balaban J connectivity index is 2.29. The van der Waals surface area contributed by atoms with Gasteiger partial charge in [0.1, 0.15) is 5.69 Å². The van der Waals surface area contributed by atoms with Crippen molar-refractivity contribution in [3.8, 4) is 0 Å². The summed E-state index contributed by atoms with van der Waals surface area (Å²) in [5.74, 6) is -0.709. The minimum atomic E-state index is -4.65. The first-order chi connectivity index (χ1) is 11.2. The molecule has 0 aliphatic carbocycles. The van der Waals surface area contributed by atoms with E-state index in [9.17, 15) is 18.0 Å². The Hall–Kier alpha value is -2.76. The fraction of sp³-hybridized carbons (Fsp3) is 0.167. The molecule has 0 bridgehead atoms. The van der Waals surface area contributed by atoms with E-state index in [4.69, 9.17) is 5.73 Å². The van der Waals surface area contributed by atoms with Gasteiger partial charge in [-0.1, -0.05) is 17.7 Å². The molecule has 0 saturated heterocycles. The van der Waals surface area contributed by atoms with Crippen LogP contribution in [0.15, 0.2) is 42.5 Å². The number of aromatic nitrogens is 1. The minimum absolute atomic E-state index is 0.182. The van der Waals surface area contributed by atoms with Crippen LogP contribution in [0.4, 0.5) is 18.9 Å². The van der Waals surface area contributed by atoms with Gasteiger partial charge in [-0.25, -0.2) is 0 Å². The van der Waals surface area contributed by atoms with E-state index >= 15 is 0 Å². The zero-order chi connectivity index (χ0) is 17.6. The molecule has 0 radical (unpaired) electrons. The Bertz CT molecular complexity index is 955. The van der Waals surface area contributed by atoms with Crippen LogP contribution in [-0.2, 0) is 6.18 Å².